The molecule has 0 saturated carbocycles. The van der Waals surface area contributed by atoms with Crippen LogP contribution in [0.2, 0.25) is 0 Å². The Morgan fingerprint density at radius 1 is 1.53 bits per heavy atom. The fourth-order valence-corrected chi connectivity index (χ4v) is 1.28. The molecule has 0 aromatic carbocycles. The summed E-state index contributed by atoms with van der Waals surface area (Å²) in [5, 5.41) is 12.0. The minimum Gasteiger partial charge on any atom is -0.505 e. The first kappa shape index (κ1) is 11.8. The van der Waals surface area contributed by atoms with Crippen molar-refractivity contribution in [3.8, 4) is 5.75 Å². The molecule has 4 nitrogen and oxygen atoms in total. The first-order valence-corrected chi connectivity index (χ1v) is 5.26. The molecule has 0 aliphatic carbocycles. The van der Waals surface area contributed by atoms with Crippen LogP contribution < -0.4 is 5.32 Å². The Balaban J connectivity index is 2.44. The summed E-state index contributed by atoms with van der Waals surface area (Å²) < 4.78 is 0. The molecule has 82 valence electrons. The van der Waals surface area contributed by atoms with E-state index in [1.165, 1.54) is 18.5 Å². The monoisotopic (exact) mass is 228 g/mol. The van der Waals surface area contributed by atoms with Gasteiger partial charge >= 0.3 is 0 Å². The maximum atomic E-state index is 11.5. The lowest BCUT2D eigenvalue weighted by Crippen LogP contribution is -2.24. The first-order valence-electron chi connectivity index (χ1n) is 4.73. The van der Waals surface area contributed by atoms with Crippen LogP contribution in [-0.4, -0.2) is 28.4 Å². The molecule has 1 aromatic rings. The maximum absolute atomic E-state index is 11.5. The minimum absolute atomic E-state index is 0.104. The van der Waals surface area contributed by atoms with Crippen molar-refractivity contribution in [1.82, 2.24) is 10.3 Å². The summed E-state index contributed by atoms with van der Waals surface area (Å²) in [7, 11) is 0. The van der Waals surface area contributed by atoms with Crippen molar-refractivity contribution < 1.29 is 9.90 Å². The van der Waals surface area contributed by atoms with Gasteiger partial charge in [-0.3, -0.25) is 9.78 Å². The van der Waals surface area contributed by atoms with E-state index in [0.717, 1.165) is 12.8 Å². The zero-order chi connectivity index (χ0) is 11.1. The first-order chi connectivity index (χ1) is 7.25. The van der Waals surface area contributed by atoms with E-state index < -0.39 is 0 Å². The summed E-state index contributed by atoms with van der Waals surface area (Å²) in [6.07, 6.45) is 4.41. The van der Waals surface area contributed by atoms with Crippen molar-refractivity contribution in [1.29, 1.82) is 0 Å². The molecule has 1 heterocycles. The number of nitrogens with zero attached hydrogens (tertiary/aromatic N) is 1. The average Bonchev–Trinajstić information content (AvgIpc) is 2.25. The van der Waals surface area contributed by atoms with Crippen molar-refractivity contribution in [2.24, 2.45) is 0 Å². The minimum atomic E-state index is -0.288. The molecule has 1 amide bonds. The lowest BCUT2D eigenvalue weighted by Gasteiger charge is -2.05. The lowest BCUT2D eigenvalue weighted by molar-refractivity contribution is 0.0950. The second kappa shape index (κ2) is 6.24. The predicted molar refractivity (Wildman–Crippen MR) is 58.2 cm³/mol. The summed E-state index contributed by atoms with van der Waals surface area (Å²) >= 11 is 5.50. The fourth-order valence-electron chi connectivity index (χ4n) is 1.09. The molecule has 0 unspecified atom stereocenters. The number of hydrogen-bond acceptors (Lipinski definition) is 3. The van der Waals surface area contributed by atoms with Gasteiger partial charge in [0.2, 0.25) is 0 Å². The van der Waals surface area contributed by atoms with Gasteiger partial charge in [-0.2, -0.15) is 0 Å². The van der Waals surface area contributed by atoms with Crippen LogP contribution in [0.1, 0.15) is 23.2 Å². The molecule has 0 atom stereocenters. The Morgan fingerprint density at radius 2 is 2.33 bits per heavy atom. The van der Waals surface area contributed by atoms with E-state index in [2.05, 4.69) is 10.3 Å². The van der Waals surface area contributed by atoms with Crippen molar-refractivity contribution in [3.63, 3.8) is 0 Å². The number of pyridine rings is 1. The number of nitrogens with one attached hydrogen (secondary N) is 1. The van der Waals surface area contributed by atoms with E-state index in [-0.39, 0.29) is 17.2 Å². The predicted octanol–water partition coefficient (Wildman–Crippen LogP) is 1.54. The number of carbonyl (C=O) groups excluding carboxylic acids is 1. The number of halogens is 1. The van der Waals surface area contributed by atoms with E-state index in [1.807, 2.05) is 0 Å². The second-order valence-corrected chi connectivity index (χ2v) is 3.42. The molecule has 0 aliphatic rings. The summed E-state index contributed by atoms with van der Waals surface area (Å²) in [4.78, 5) is 15.2. The molecule has 2 N–H and O–H groups in total. The van der Waals surface area contributed by atoms with Crippen molar-refractivity contribution in [2.45, 2.75) is 12.8 Å². The number of carbonyl (C=O) groups is 1. The lowest BCUT2D eigenvalue weighted by atomic mass is 10.2. The molecule has 15 heavy (non-hydrogen) atoms. The van der Waals surface area contributed by atoms with Gasteiger partial charge in [0.15, 0.2) is 0 Å². The van der Waals surface area contributed by atoms with Gasteiger partial charge in [-0.25, -0.2) is 0 Å². The van der Waals surface area contributed by atoms with E-state index >= 15 is 0 Å². The molecule has 0 bridgehead atoms. The summed E-state index contributed by atoms with van der Waals surface area (Å²) in [5.41, 5.74) is 0.246. The highest BCUT2D eigenvalue weighted by atomic mass is 35.5. The third-order valence-corrected chi connectivity index (χ3v) is 2.16. The van der Waals surface area contributed by atoms with E-state index in [4.69, 9.17) is 11.6 Å². The van der Waals surface area contributed by atoms with Gasteiger partial charge in [-0.15, -0.1) is 11.6 Å². The molecule has 0 saturated heterocycles. The Labute approximate surface area is 93.3 Å². The van der Waals surface area contributed by atoms with E-state index in [0.29, 0.717) is 12.4 Å². The smallest absolute Gasteiger partial charge is 0.255 e. The molecule has 0 aliphatic heterocycles. The number of unbranched alkanes of at least 4 members (excludes halogenated alkanes) is 1. The molecule has 0 fully saturated rings. The normalized spacial score (nSPS) is 9.93. The quantitative estimate of drug-likeness (QED) is 0.594. The van der Waals surface area contributed by atoms with Gasteiger partial charge in [0, 0.05) is 18.6 Å². The van der Waals surface area contributed by atoms with Gasteiger partial charge in [0.25, 0.3) is 5.91 Å². The van der Waals surface area contributed by atoms with Crippen LogP contribution in [0.5, 0.6) is 5.75 Å². The highest BCUT2D eigenvalue weighted by Crippen LogP contribution is 2.13. The van der Waals surface area contributed by atoms with Crippen LogP contribution in [-0.2, 0) is 0 Å². The topological polar surface area (TPSA) is 62.2 Å². The molecular formula is C10H13ClN2O2. The van der Waals surface area contributed by atoms with Gasteiger partial charge in [0.05, 0.1) is 11.8 Å². The van der Waals surface area contributed by atoms with Crippen LogP contribution in [0, 0.1) is 0 Å². The summed E-state index contributed by atoms with van der Waals surface area (Å²) in [6.45, 7) is 0.563. The van der Waals surface area contributed by atoms with E-state index in [1.54, 1.807) is 0 Å². The highest BCUT2D eigenvalue weighted by Gasteiger charge is 2.09. The number of amides is 1. The molecule has 5 heteroatoms. The van der Waals surface area contributed by atoms with Crippen LogP contribution in [0.25, 0.3) is 0 Å². The standard InChI is InChI=1S/C10H13ClN2O2/c11-4-1-2-5-13-10(15)8-3-6-12-7-9(8)14/h3,6-7,14H,1-2,4-5H2,(H,13,15). The molecule has 0 spiro atoms. The Hall–Kier alpha value is -1.29. The van der Waals surface area contributed by atoms with Crippen molar-refractivity contribution >= 4 is 17.5 Å². The average molecular weight is 229 g/mol. The highest BCUT2D eigenvalue weighted by molar-refractivity contribution is 6.17. The summed E-state index contributed by atoms with van der Waals surface area (Å²) in [6, 6.07) is 1.48. The largest absolute Gasteiger partial charge is 0.505 e. The third kappa shape index (κ3) is 3.75. The Bertz CT molecular complexity index is 331. The fraction of sp³-hybridized carbons (Fsp3) is 0.400. The number of aromatic nitrogens is 1. The third-order valence-electron chi connectivity index (χ3n) is 1.89. The van der Waals surface area contributed by atoms with Crippen LogP contribution in [0.15, 0.2) is 18.5 Å². The number of hydrogen-bond donors (Lipinski definition) is 2. The number of rotatable bonds is 5. The number of alkyl halides is 1. The summed E-state index contributed by atoms with van der Waals surface area (Å²) in [5.74, 6) is 0.202. The number of aromatic hydroxyl groups is 1. The van der Waals surface area contributed by atoms with E-state index in [9.17, 15) is 9.90 Å². The molecule has 1 aromatic heterocycles. The Morgan fingerprint density at radius 3 is 3.00 bits per heavy atom. The molecule has 1 rings (SSSR count). The SMILES string of the molecule is O=C(NCCCCCl)c1ccncc1O. The Kier molecular flexibility index (Phi) is 4.90. The molecule has 0 radical (unpaired) electrons. The van der Waals surface area contributed by atoms with Gasteiger partial charge in [-0.1, -0.05) is 0 Å². The van der Waals surface area contributed by atoms with Gasteiger partial charge < -0.3 is 10.4 Å². The zero-order valence-corrected chi connectivity index (χ0v) is 9.00. The zero-order valence-electron chi connectivity index (χ0n) is 8.24. The van der Waals surface area contributed by atoms with Crippen LogP contribution >= 0.6 is 11.6 Å². The van der Waals surface area contributed by atoms with Gasteiger partial charge in [-0.05, 0) is 18.9 Å². The maximum Gasteiger partial charge on any atom is 0.255 e. The van der Waals surface area contributed by atoms with Crippen LogP contribution in [0.4, 0.5) is 0 Å². The van der Waals surface area contributed by atoms with Crippen molar-refractivity contribution in [3.05, 3.63) is 24.0 Å². The second-order valence-electron chi connectivity index (χ2n) is 3.04. The van der Waals surface area contributed by atoms with Crippen molar-refractivity contribution in [2.75, 3.05) is 12.4 Å². The molecular weight excluding hydrogens is 216 g/mol. The van der Waals surface area contributed by atoms with Crippen LogP contribution in [0.3, 0.4) is 0 Å². The van der Waals surface area contributed by atoms with Gasteiger partial charge in [0.1, 0.15) is 5.75 Å².